The van der Waals surface area contributed by atoms with E-state index in [0.717, 1.165) is 11.1 Å². The molecule has 0 radical (unpaired) electrons. The third-order valence-corrected chi connectivity index (χ3v) is 9.18. The summed E-state index contributed by atoms with van der Waals surface area (Å²) in [6, 6.07) is 3.64. The van der Waals surface area contributed by atoms with E-state index in [1.165, 1.54) is 19.1 Å². The molecule has 3 heterocycles. The Hall–Kier alpha value is -3.12. The van der Waals surface area contributed by atoms with Crippen LogP contribution in [0.15, 0.2) is 35.9 Å². The van der Waals surface area contributed by atoms with Crippen molar-refractivity contribution in [2.24, 2.45) is 11.8 Å². The van der Waals surface area contributed by atoms with E-state index in [9.17, 15) is 19.5 Å². The summed E-state index contributed by atoms with van der Waals surface area (Å²) in [6.45, 7) is 9.36. The first-order chi connectivity index (χ1) is 21.1. The highest BCUT2D eigenvalue weighted by atomic mass is 35.5. The van der Waals surface area contributed by atoms with Crippen LogP contribution in [-0.2, 0) is 35.0 Å². The van der Waals surface area contributed by atoms with Crippen LogP contribution in [0.3, 0.4) is 0 Å². The lowest BCUT2D eigenvalue weighted by atomic mass is 9.83. The van der Waals surface area contributed by atoms with Gasteiger partial charge in [-0.15, -0.1) is 0 Å². The average molecular weight is 649 g/mol. The van der Waals surface area contributed by atoms with Crippen molar-refractivity contribution in [1.82, 2.24) is 5.32 Å². The number of hydrogen-bond donors (Lipinski definition) is 2. The Morgan fingerprint density at radius 1 is 1.27 bits per heavy atom. The molecule has 45 heavy (non-hydrogen) atoms. The van der Waals surface area contributed by atoms with Crippen molar-refractivity contribution in [3.8, 4) is 5.75 Å². The zero-order valence-electron chi connectivity index (χ0n) is 27.2. The summed E-state index contributed by atoms with van der Waals surface area (Å²) in [5.41, 5.74) is -0.578. The van der Waals surface area contributed by atoms with Gasteiger partial charge in [-0.3, -0.25) is 14.9 Å². The molecule has 2 N–H and O–H groups in total. The molecule has 1 aromatic rings. The topological polar surface area (TPSA) is 136 Å². The van der Waals surface area contributed by atoms with Gasteiger partial charge in [0.25, 0.3) is 0 Å². The number of benzene rings is 1. The number of esters is 1. The van der Waals surface area contributed by atoms with Gasteiger partial charge >= 0.3 is 12.1 Å². The summed E-state index contributed by atoms with van der Waals surface area (Å²) in [4.78, 5) is 40.9. The molecule has 0 aromatic heterocycles. The number of fused-ring (bicyclic) bond motifs is 5. The first-order valence-corrected chi connectivity index (χ1v) is 15.6. The maximum absolute atomic E-state index is 13.8. The molecule has 2 saturated heterocycles. The first kappa shape index (κ1) is 34.7. The maximum atomic E-state index is 13.8. The van der Waals surface area contributed by atoms with Gasteiger partial charge in [-0.25, -0.2) is 4.79 Å². The van der Waals surface area contributed by atoms with E-state index >= 15 is 0 Å². The lowest BCUT2D eigenvalue weighted by Crippen LogP contribution is -2.63. The minimum atomic E-state index is -1.77. The van der Waals surface area contributed by atoms with Crippen LogP contribution in [0, 0.1) is 11.8 Å². The van der Waals surface area contributed by atoms with Crippen LogP contribution < -0.4 is 15.0 Å². The molecule has 248 valence electrons. The number of nitrogens with one attached hydrogen (secondary N) is 1. The van der Waals surface area contributed by atoms with Crippen molar-refractivity contribution in [3.63, 3.8) is 0 Å². The van der Waals surface area contributed by atoms with E-state index in [1.54, 1.807) is 26.1 Å². The molecule has 11 nitrogen and oxygen atoms in total. The van der Waals surface area contributed by atoms with Gasteiger partial charge in [-0.05, 0) is 43.9 Å². The normalized spacial score (nSPS) is 34.2. The standard InChI is InChI=1S/C33H45ClN2O9/c1-18(2)12-28(38)44-26-16-27(37)36(6)22-14-21(15-23(41-7)29(22)34)13-19(3)10-9-11-25(42-8)33(40)17-24(43-31(39)35-33)20(4)30-32(26,5)45-30/h9-11,14-15,18,20,24-26,30,40H,12-13,16-17H2,1-8H3,(H,35,39)/b11-9-,19-10-/t20-,24+,25-,26+,30+,32+,33+/m1/s1. The van der Waals surface area contributed by atoms with Crippen LogP contribution in [-0.4, -0.2) is 80.1 Å². The van der Waals surface area contributed by atoms with E-state index in [1.807, 2.05) is 45.9 Å². The maximum Gasteiger partial charge on any atom is 0.409 e. The van der Waals surface area contributed by atoms with Crippen molar-refractivity contribution in [2.45, 2.75) is 96.0 Å². The van der Waals surface area contributed by atoms with Crippen molar-refractivity contribution in [1.29, 1.82) is 0 Å². The summed E-state index contributed by atoms with van der Waals surface area (Å²) in [6.07, 6.45) is 1.84. The number of nitrogens with zero attached hydrogens (tertiary/aromatic N) is 1. The smallest absolute Gasteiger partial charge is 0.409 e. The van der Waals surface area contributed by atoms with Gasteiger partial charge in [0.05, 0.1) is 25.3 Å². The summed E-state index contributed by atoms with van der Waals surface area (Å²) >= 11 is 6.70. The van der Waals surface area contributed by atoms with Crippen molar-refractivity contribution < 1.29 is 43.2 Å². The van der Waals surface area contributed by atoms with Gasteiger partial charge in [0.15, 0.2) is 5.72 Å². The molecule has 0 aliphatic carbocycles. The number of ether oxygens (including phenoxy) is 5. The lowest BCUT2D eigenvalue weighted by molar-refractivity contribution is -0.154. The molecular weight excluding hydrogens is 604 g/mol. The number of alkyl carbamates (subject to hydrolysis) is 1. The van der Waals surface area contributed by atoms with E-state index in [0.29, 0.717) is 17.9 Å². The quantitative estimate of drug-likeness (QED) is 0.344. The summed E-state index contributed by atoms with van der Waals surface area (Å²) < 4.78 is 28.9. The number of carbonyl (C=O) groups is 3. The molecule has 3 aliphatic rings. The Kier molecular flexibility index (Phi) is 10.6. The highest BCUT2D eigenvalue weighted by Crippen LogP contribution is 2.49. The van der Waals surface area contributed by atoms with Crippen LogP contribution >= 0.6 is 11.6 Å². The van der Waals surface area contributed by atoms with Crippen molar-refractivity contribution in [2.75, 3.05) is 26.2 Å². The molecule has 12 heteroatoms. The van der Waals surface area contributed by atoms with E-state index in [4.69, 9.17) is 35.3 Å². The third kappa shape index (κ3) is 7.65. The van der Waals surface area contributed by atoms with Gasteiger partial charge in [-0.1, -0.05) is 56.2 Å². The molecule has 3 aliphatic heterocycles. The molecule has 0 spiro atoms. The highest BCUT2D eigenvalue weighted by Gasteiger charge is 2.64. The fourth-order valence-corrected chi connectivity index (χ4v) is 6.46. The van der Waals surface area contributed by atoms with Gasteiger partial charge in [0.2, 0.25) is 5.91 Å². The molecule has 7 atom stereocenters. The summed E-state index contributed by atoms with van der Waals surface area (Å²) in [5, 5.41) is 14.4. The minimum Gasteiger partial charge on any atom is -0.495 e. The van der Waals surface area contributed by atoms with Gasteiger partial charge in [0, 0.05) is 32.9 Å². The zero-order valence-corrected chi connectivity index (χ0v) is 28.0. The second-order valence-electron chi connectivity index (χ2n) is 12.9. The van der Waals surface area contributed by atoms with Crippen molar-refractivity contribution in [3.05, 3.63) is 46.5 Å². The largest absolute Gasteiger partial charge is 0.495 e. The lowest BCUT2D eigenvalue weighted by Gasteiger charge is -2.42. The molecule has 0 saturated carbocycles. The predicted octanol–water partition coefficient (Wildman–Crippen LogP) is 4.71. The molecule has 4 rings (SSSR count). The van der Waals surface area contributed by atoms with Crippen LogP contribution in [0.1, 0.15) is 59.4 Å². The number of rotatable bonds is 5. The average Bonchev–Trinajstić information content (AvgIpc) is 3.65. The van der Waals surface area contributed by atoms with Gasteiger partial charge < -0.3 is 33.7 Å². The van der Waals surface area contributed by atoms with Crippen LogP contribution in [0.5, 0.6) is 5.75 Å². The van der Waals surface area contributed by atoms with Crippen LogP contribution in [0.25, 0.3) is 0 Å². The SMILES string of the molecule is COc1cc2cc(c1Cl)N(C)C(=O)C[C@H](OC(=O)CC(C)C)[C@]1(C)O[C@H]1[C@H](C)[C@@H]1C[C@@](O)(NC(=O)O1)[C@H](OC)/C=C\C=C(\C)C2. The summed E-state index contributed by atoms with van der Waals surface area (Å²) in [7, 11) is 4.57. The molecule has 2 fully saturated rings. The number of anilines is 1. The summed E-state index contributed by atoms with van der Waals surface area (Å²) in [5.74, 6) is -0.779. The first-order valence-electron chi connectivity index (χ1n) is 15.2. The zero-order chi connectivity index (χ0) is 33.3. The van der Waals surface area contributed by atoms with Crippen LogP contribution in [0.4, 0.5) is 10.5 Å². The molecule has 2 amide bonds. The number of methoxy groups -OCH3 is 2. The molecular formula is C33H45ClN2O9. The van der Waals surface area contributed by atoms with E-state index in [2.05, 4.69) is 5.32 Å². The Morgan fingerprint density at radius 2 is 1.98 bits per heavy atom. The third-order valence-electron chi connectivity index (χ3n) is 8.80. The number of aliphatic hydroxyl groups is 1. The number of carbonyl (C=O) groups excluding carboxylic acids is 3. The van der Waals surface area contributed by atoms with Crippen LogP contribution in [0.2, 0.25) is 5.02 Å². The number of amides is 2. The van der Waals surface area contributed by atoms with Gasteiger partial charge in [-0.2, -0.15) is 0 Å². The minimum absolute atomic E-state index is 0.00495. The second kappa shape index (κ2) is 13.7. The van der Waals surface area contributed by atoms with Crippen molar-refractivity contribution >= 4 is 35.3 Å². The number of hydrogen-bond acceptors (Lipinski definition) is 9. The number of epoxide rings is 1. The van der Waals surface area contributed by atoms with E-state index in [-0.39, 0.29) is 36.1 Å². The molecule has 4 bridgehead atoms. The monoisotopic (exact) mass is 648 g/mol. The number of halogens is 1. The predicted molar refractivity (Wildman–Crippen MR) is 168 cm³/mol. The number of allylic oxidation sites excluding steroid dienone is 3. The Bertz CT molecular complexity index is 1360. The fraction of sp³-hybridized carbons (Fsp3) is 0.606. The molecule has 1 aromatic carbocycles. The Morgan fingerprint density at radius 3 is 2.62 bits per heavy atom. The Balaban J connectivity index is 1.79. The highest BCUT2D eigenvalue weighted by molar-refractivity contribution is 6.35. The second-order valence-corrected chi connectivity index (χ2v) is 13.3. The van der Waals surface area contributed by atoms with E-state index < -0.39 is 53.7 Å². The Labute approximate surface area is 269 Å². The fourth-order valence-electron chi connectivity index (χ4n) is 6.15. The van der Waals surface area contributed by atoms with Gasteiger partial charge in [0.1, 0.15) is 34.7 Å². The molecule has 0 unspecified atom stereocenters.